The summed E-state index contributed by atoms with van der Waals surface area (Å²) in [5.41, 5.74) is 3.09. The average Bonchev–Trinajstić information content (AvgIpc) is 4.01. The predicted octanol–water partition coefficient (Wildman–Crippen LogP) is 3.43. The van der Waals surface area contributed by atoms with Crippen molar-refractivity contribution in [2.75, 3.05) is 38.2 Å². The van der Waals surface area contributed by atoms with Gasteiger partial charge in [0.15, 0.2) is 5.82 Å². The molecule has 2 saturated heterocycles. The van der Waals surface area contributed by atoms with Crippen LogP contribution in [0.5, 0.6) is 0 Å². The second kappa shape index (κ2) is 18.2. The monoisotopic (exact) mass is 796 g/mol. The van der Waals surface area contributed by atoms with Crippen LogP contribution in [-0.4, -0.2) is 103 Å². The van der Waals surface area contributed by atoms with E-state index in [-0.39, 0.29) is 48.4 Å². The Hall–Kier alpha value is -5.73. The van der Waals surface area contributed by atoms with Crippen molar-refractivity contribution in [3.05, 3.63) is 64.0 Å². The van der Waals surface area contributed by atoms with Crippen LogP contribution in [0.2, 0.25) is 0 Å². The van der Waals surface area contributed by atoms with Crippen molar-refractivity contribution in [1.82, 2.24) is 44.6 Å². The van der Waals surface area contributed by atoms with Crippen LogP contribution in [0.25, 0.3) is 11.0 Å². The van der Waals surface area contributed by atoms with E-state index in [0.29, 0.717) is 54.5 Å². The Balaban J connectivity index is 0.793. The number of para-hydroxylation sites is 1. The maximum absolute atomic E-state index is 13.2. The van der Waals surface area contributed by atoms with Gasteiger partial charge in [0, 0.05) is 56.4 Å². The van der Waals surface area contributed by atoms with Crippen LogP contribution in [0.4, 0.5) is 10.6 Å². The first-order chi connectivity index (χ1) is 28.0. The number of piperidine rings is 2. The summed E-state index contributed by atoms with van der Waals surface area (Å²) in [6.07, 6.45) is 8.33. The molecule has 4 aromatic rings. The Morgan fingerprint density at radius 1 is 1.05 bits per heavy atom. The van der Waals surface area contributed by atoms with Crippen molar-refractivity contribution < 1.29 is 28.7 Å². The van der Waals surface area contributed by atoms with Crippen LogP contribution in [0.3, 0.4) is 0 Å². The second-order valence-corrected chi connectivity index (χ2v) is 15.7. The molecule has 2 aliphatic heterocycles. The highest BCUT2D eigenvalue weighted by Gasteiger charge is 2.32. The number of fused-ring (bicyclic) bond motifs is 1. The molecule has 4 amide bonds. The standard InChI is InChI=1S/C41H52N10O7/c1-26(2)43-40(55)58-31-11-10-29(22-31)32-23-35(47-46-32)44-38(53)30-24-42-50(25-30)19-21-57-20-18-49-16-14-27(15-17-49)6-4-7-28-8-5-9-33-37(28)48(3)41(56)51(33)34-12-13-36(52)45-39(34)54/h5,8-9,23-27,29,31,34H,6,10-22H2,1-3H3,(H,43,55)(H,45,52,54)(H2,44,46,47,53)/t29-,31+,34?/m0/s1. The van der Waals surface area contributed by atoms with E-state index in [2.05, 4.69) is 48.0 Å². The molecule has 1 aromatic carbocycles. The molecule has 0 radical (unpaired) electrons. The quantitative estimate of drug-likeness (QED) is 0.0884. The summed E-state index contributed by atoms with van der Waals surface area (Å²) in [6.45, 7) is 8.14. The summed E-state index contributed by atoms with van der Waals surface area (Å²) in [7, 11) is 1.69. The van der Waals surface area contributed by atoms with Crippen molar-refractivity contribution >= 4 is 40.7 Å². The van der Waals surface area contributed by atoms with Crippen LogP contribution in [0.1, 0.15) is 98.8 Å². The molecule has 0 bridgehead atoms. The van der Waals surface area contributed by atoms with Crippen LogP contribution < -0.4 is 21.6 Å². The van der Waals surface area contributed by atoms with E-state index >= 15 is 0 Å². The van der Waals surface area contributed by atoms with Gasteiger partial charge in [-0.2, -0.15) is 10.2 Å². The lowest BCUT2D eigenvalue weighted by atomic mass is 9.93. The van der Waals surface area contributed by atoms with Gasteiger partial charge in [-0.3, -0.25) is 38.6 Å². The zero-order valence-electron chi connectivity index (χ0n) is 33.3. The number of hydrogen-bond donors (Lipinski definition) is 4. The van der Waals surface area contributed by atoms with Gasteiger partial charge >= 0.3 is 11.8 Å². The van der Waals surface area contributed by atoms with Gasteiger partial charge in [-0.05, 0) is 83.5 Å². The number of ether oxygens (including phenoxy) is 2. The highest BCUT2D eigenvalue weighted by atomic mass is 16.6. The minimum atomic E-state index is -0.728. The van der Waals surface area contributed by atoms with Crippen LogP contribution in [0, 0.1) is 17.8 Å². The fourth-order valence-corrected chi connectivity index (χ4v) is 8.08. The summed E-state index contributed by atoms with van der Waals surface area (Å²) in [6, 6.07) is 6.69. The summed E-state index contributed by atoms with van der Waals surface area (Å²) < 4.78 is 16.2. The molecular weight excluding hydrogens is 745 g/mol. The Bertz CT molecular complexity index is 2250. The van der Waals surface area contributed by atoms with Crippen molar-refractivity contribution in [2.45, 2.75) is 95.9 Å². The van der Waals surface area contributed by atoms with Crippen molar-refractivity contribution in [1.29, 1.82) is 0 Å². The number of aromatic nitrogens is 6. The highest BCUT2D eigenvalue weighted by Crippen LogP contribution is 2.36. The molecule has 308 valence electrons. The molecule has 3 fully saturated rings. The summed E-state index contributed by atoms with van der Waals surface area (Å²) >= 11 is 0. The molecule has 0 spiro atoms. The molecule has 1 aliphatic carbocycles. The molecule has 7 rings (SSSR count). The normalized spacial score (nSPS) is 20.2. The van der Waals surface area contributed by atoms with Crippen molar-refractivity contribution in [3.8, 4) is 11.8 Å². The molecule has 1 saturated carbocycles. The number of carbonyl (C=O) groups excluding carboxylic acids is 4. The third-order valence-electron chi connectivity index (χ3n) is 11.2. The summed E-state index contributed by atoms with van der Waals surface area (Å²) in [4.78, 5) is 64.7. The van der Waals surface area contributed by atoms with Gasteiger partial charge in [0.2, 0.25) is 11.8 Å². The number of nitrogens with zero attached hydrogens (tertiary/aromatic N) is 6. The molecule has 3 aromatic heterocycles. The van der Waals surface area contributed by atoms with E-state index in [1.807, 2.05) is 38.1 Å². The molecular formula is C41H52N10O7. The second-order valence-electron chi connectivity index (χ2n) is 15.7. The van der Waals surface area contributed by atoms with E-state index in [1.54, 1.807) is 17.9 Å². The van der Waals surface area contributed by atoms with Gasteiger partial charge < -0.3 is 25.0 Å². The number of nitrogens with one attached hydrogen (secondary N) is 4. The lowest BCUT2D eigenvalue weighted by Gasteiger charge is -2.31. The van der Waals surface area contributed by atoms with Crippen molar-refractivity contribution in [2.24, 2.45) is 13.0 Å². The molecule has 5 heterocycles. The number of alkyl carbamates (subject to hydrolysis) is 1. The van der Waals surface area contributed by atoms with Gasteiger partial charge in [-0.25, -0.2) is 9.59 Å². The molecule has 17 heteroatoms. The molecule has 1 unspecified atom stereocenters. The smallest absolute Gasteiger partial charge is 0.407 e. The van der Waals surface area contributed by atoms with E-state index in [0.717, 1.165) is 63.0 Å². The predicted molar refractivity (Wildman–Crippen MR) is 214 cm³/mol. The maximum atomic E-state index is 13.2. The first-order valence-corrected chi connectivity index (χ1v) is 20.2. The van der Waals surface area contributed by atoms with E-state index in [4.69, 9.17) is 9.47 Å². The fraction of sp³-hybridized carbons (Fsp3) is 0.537. The van der Waals surface area contributed by atoms with Gasteiger partial charge in [-0.1, -0.05) is 17.9 Å². The number of rotatable bonds is 13. The molecule has 3 atom stereocenters. The zero-order valence-corrected chi connectivity index (χ0v) is 33.3. The number of anilines is 1. The fourth-order valence-electron chi connectivity index (χ4n) is 8.08. The molecule has 58 heavy (non-hydrogen) atoms. The Morgan fingerprint density at radius 3 is 2.66 bits per heavy atom. The van der Waals surface area contributed by atoms with Crippen molar-refractivity contribution in [3.63, 3.8) is 0 Å². The number of H-pyrrole nitrogens is 1. The maximum Gasteiger partial charge on any atom is 0.407 e. The zero-order chi connectivity index (χ0) is 40.8. The van der Waals surface area contributed by atoms with Crippen LogP contribution >= 0.6 is 0 Å². The van der Waals surface area contributed by atoms with Gasteiger partial charge in [0.1, 0.15) is 12.1 Å². The minimum Gasteiger partial charge on any atom is -0.446 e. The average molecular weight is 797 g/mol. The van der Waals surface area contributed by atoms with Gasteiger partial charge in [0.05, 0.1) is 48.1 Å². The highest BCUT2D eigenvalue weighted by molar-refractivity contribution is 6.03. The molecule has 4 N–H and O–H groups in total. The Labute approximate surface area is 336 Å². The summed E-state index contributed by atoms with van der Waals surface area (Å²) in [5, 5.41) is 19.5. The number of imide groups is 1. The number of hydrogen-bond acceptors (Lipinski definition) is 10. The number of carbonyl (C=O) groups is 4. The topological polar surface area (TPSA) is 199 Å². The largest absolute Gasteiger partial charge is 0.446 e. The van der Waals surface area contributed by atoms with Crippen LogP contribution in [-0.2, 0) is 32.7 Å². The number of benzene rings is 1. The number of amides is 4. The van der Waals surface area contributed by atoms with E-state index in [1.165, 1.54) is 15.3 Å². The first kappa shape index (κ1) is 40.5. The van der Waals surface area contributed by atoms with Crippen LogP contribution in [0.15, 0.2) is 41.5 Å². The lowest BCUT2D eigenvalue weighted by Crippen LogP contribution is -2.44. The lowest BCUT2D eigenvalue weighted by molar-refractivity contribution is -0.135. The first-order valence-electron chi connectivity index (χ1n) is 20.2. The van der Waals surface area contributed by atoms with Gasteiger partial charge in [-0.15, -0.1) is 0 Å². The van der Waals surface area contributed by atoms with Gasteiger partial charge in [0.25, 0.3) is 5.91 Å². The SMILES string of the molecule is CC(C)NC(=O)O[C@@H]1CC[C@H](c2cc(NC(=O)c3cnn(CCOCCN4CCC(CC#Cc5cccc6c5n(C)c(=O)n6C5CCC(=O)NC5=O)CC4)c3)n[nH]2)C1. The third kappa shape index (κ3) is 9.68. The number of aromatic amines is 1. The number of imidazole rings is 1. The minimum absolute atomic E-state index is 0.0188. The molecule has 3 aliphatic rings. The third-order valence-corrected chi connectivity index (χ3v) is 11.2. The number of aryl methyl sites for hydroxylation is 1. The van der Waals surface area contributed by atoms with E-state index < -0.39 is 18.0 Å². The molecule has 17 nitrogen and oxygen atoms in total. The number of likely N-dealkylation sites (tertiary alicyclic amines) is 1. The summed E-state index contributed by atoms with van der Waals surface area (Å²) in [5.74, 6) is 6.64. The van der Waals surface area contributed by atoms with E-state index in [9.17, 15) is 24.0 Å². The Kier molecular flexibility index (Phi) is 12.7. The Morgan fingerprint density at radius 2 is 1.86 bits per heavy atom.